The summed E-state index contributed by atoms with van der Waals surface area (Å²) in [4.78, 5) is 80.0. The molecule has 338 valence electrons. The number of carbonyl (C=O) groups excluding carboxylic acids is 5. The molecule has 5 aromatic rings. The number of piperazine rings is 1. The van der Waals surface area contributed by atoms with Crippen molar-refractivity contribution in [2.75, 3.05) is 67.5 Å². The fraction of sp³-hybridized carbons (Fsp3) is 0.417. The smallest absolute Gasteiger partial charge is 0.262 e. The lowest BCUT2D eigenvalue weighted by Gasteiger charge is -2.35. The van der Waals surface area contributed by atoms with Crippen LogP contribution in [-0.4, -0.2) is 117 Å². The van der Waals surface area contributed by atoms with E-state index in [2.05, 4.69) is 35.6 Å². The molecule has 2 aromatic carbocycles. The number of nitrogens with zero attached hydrogens (tertiary/aromatic N) is 8. The first-order valence-corrected chi connectivity index (χ1v) is 22.9. The third-order valence-corrected chi connectivity index (χ3v) is 12.9. The zero-order chi connectivity index (χ0) is 44.9. The van der Waals surface area contributed by atoms with Crippen molar-refractivity contribution >= 4 is 52.5 Å². The van der Waals surface area contributed by atoms with Crippen molar-refractivity contribution in [1.29, 1.82) is 0 Å². The summed E-state index contributed by atoms with van der Waals surface area (Å²) in [5, 5.41) is 13.7. The highest BCUT2D eigenvalue weighted by molar-refractivity contribution is 6.23. The zero-order valence-corrected chi connectivity index (χ0v) is 36.4. The van der Waals surface area contributed by atoms with Gasteiger partial charge >= 0.3 is 0 Å². The molecule has 5 amide bonds. The number of halogens is 1. The Kier molecular flexibility index (Phi) is 13.1. The van der Waals surface area contributed by atoms with E-state index in [1.807, 2.05) is 47.1 Å². The van der Waals surface area contributed by atoms with Crippen molar-refractivity contribution in [1.82, 2.24) is 40.0 Å². The topological polar surface area (TPSA) is 177 Å². The van der Waals surface area contributed by atoms with Gasteiger partial charge in [-0.15, -0.1) is 5.10 Å². The van der Waals surface area contributed by atoms with Crippen LogP contribution < -0.4 is 25.8 Å². The van der Waals surface area contributed by atoms with Gasteiger partial charge in [0.15, 0.2) is 5.65 Å². The summed E-state index contributed by atoms with van der Waals surface area (Å²) in [7, 11) is 0. The number of fused-ring (bicyclic) bond motifs is 2. The largest absolute Gasteiger partial charge is 0.385 e. The highest BCUT2D eigenvalue weighted by Crippen LogP contribution is 2.36. The Bertz CT molecular complexity index is 2590. The van der Waals surface area contributed by atoms with E-state index in [0.29, 0.717) is 19.6 Å². The average Bonchev–Trinajstić information content (AvgIpc) is 4.04. The predicted molar refractivity (Wildman–Crippen MR) is 243 cm³/mol. The van der Waals surface area contributed by atoms with Crippen LogP contribution >= 0.6 is 0 Å². The third-order valence-electron chi connectivity index (χ3n) is 12.9. The first kappa shape index (κ1) is 43.5. The van der Waals surface area contributed by atoms with Gasteiger partial charge in [0, 0.05) is 57.9 Å². The minimum absolute atomic E-state index is 0.0432. The van der Waals surface area contributed by atoms with Crippen LogP contribution in [0.4, 0.5) is 21.7 Å². The minimum Gasteiger partial charge on any atom is -0.385 e. The van der Waals surface area contributed by atoms with Crippen molar-refractivity contribution in [3.05, 3.63) is 102 Å². The number of nitrogens with one attached hydrogen (secondary N) is 3. The molecule has 9 rings (SSSR count). The molecular weight excluding hydrogens is 830 g/mol. The van der Waals surface area contributed by atoms with Gasteiger partial charge in [-0.25, -0.2) is 18.9 Å². The Balaban J connectivity index is 0.659. The van der Waals surface area contributed by atoms with Gasteiger partial charge in [0.1, 0.15) is 29.2 Å². The number of benzene rings is 2. The number of anilines is 3. The van der Waals surface area contributed by atoms with E-state index >= 15 is 0 Å². The molecule has 0 aliphatic carbocycles. The number of imidazole rings is 1. The minimum atomic E-state index is -0.978. The number of hydrogen-bond donors (Lipinski definition) is 3. The van der Waals surface area contributed by atoms with Crippen molar-refractivity contribution in [2.45, 2.75) is 76.3 Å². The van der Waals surface area contributed by atoms with Crippen molar-refractivity contribution in [3.63, 3.8) is 0 Å². The average molecular weight is 884 g/mol. The van der Waals surface area contributed by atoms with Gasteiger partial charge in [-0.3, -0.25) is 39.1 Å². The second-order valence-corrected chi connectivity index (χ2v) is 17.3. The molecule has 2 unspecified atom stereocenters. The van der Waals surface area contributed by atoms with Gasteiger partial charge < -0.3 is 20.4 Å². The molecule has 0 saturated carbocycles. The van der Waals surface area contributed by atoms with E-state index in [0.717, 1.165) is 129 Å². The monoisotopic (exact) mass is 883 g/mol. The van der Waals surface area contributed by atoms with Gasteiger partial charge in [0.2, 0.25) is 17.7 Å². The lowest BCUT2D eigenvalue weighted by molar-refractivity contribution is -0.136. The molecule has 17 heteroatoms. The van der Waals surface area contributed by atoms with Gasteiger partial charge in [-0.1, -0.05) is 43.9 Å². The Morgan fingerprint density at radius 2 is 1.55 bits per heavy atom. The molecule has 3 saturated heterocycles. The molecule has 16 nitrogen and oxygen atoms in total. The van der Waals surface area contributed by atoms with Crippen LogP contribution in [0.5, 0.6) is 0 Å². The van der Waals surface area contributed by atoms with E-state index in [4.69, 9.17) is 10.1 Å². The maximum Gasteiger partial charge on any atom is 0.262 e. The lowest BCUT2D eigenvalue weighted by atomic mass is 10.0. The molecule has 7 heterocycles. The van der Waals surface area contributed by atoms with Crippen LogP contribution in [-0.2, 0) is 14.4 Å². The van der Waals surface area contributed by atoms with Crippen molar-refractivity contribution < 1.29 is 28.4 Å². The molecule has 0 spiro atoms. The molecule has 0 bridgehead atoms. The molecule has 0 radical (unpaired) electrons. The highest BCUT2D eigenvalue weighted by atomic mass is 19.1. The van der Waals surface area contributed by atoms with E-state index in [-0.39, 0.29) is 41.7 Å². The third kappa shape index (κ3) is 9.70. The second-order valence-electron chi connectivity index (χ2n) is 17.3. The van der Waals surface area contributed by atoms with E-state index in [9.17, 15) is 28.4 Å². The number of piperidine rings is 1. The van der Waals surface area contributed by atoms with Gasteiger partial charge in [0.05, 0.1) is 35.6 Å². The summed E-state index contributed by atoms with van der Waals surface area (Å²) in [5.41, 5.74) is 4.52. The van der Waals surface area contributed by atoms with E-state index in [1.54, 1.807) is 30.3 Å². The number of carbonyl (C=O) groups is 5. The Morgan fingerprint density at radius 1 is 0.769 bits per heavy atom. The first-order chi connectivity index (χ1) is 31.7. The molecule has 2 atom stereocenters. The molecular formula is C48H54FN11O5. The molecule has 4 aliphatic heterocycles. The molecule has 3 aromatic heterocycles. The number of pyridine rings is 1. The molecule has 4 aliphatic rings. The number of imide groups is 2. The van der Waals surface area contributed by atoms with Gasteiger partial charge in [0.25, 0.3) is 11.8 Å². The number of rotatable bonds is 17. The molecule has 3 N–H and O–H groups in total. The summed E-state index contributed by atoms with van der Waals surface area (Å²) in [5.74, 6) is -0.541. The standard InChI is InChI=1S/C48H54FN11O5/c49-33-11-7-10-32(28-33)38-13-9-23-58(38)43-19-18-41-52-30-40(60(41)55-43)37-12-8-14-42(53-37)57-26-24-56(25-27-57)31-45(62)51-22-6-4-2-1-3-5-21-50-34-15-16-35-36(29-34)48(65)59(47(35)64)39-17-20-44(61)54-46(39)63/h7-8,10-12,14-16,18-19,28-30,38-39,50H,1-6,9,13,17,20-27,31H2,(H,51,62)(H,54,61,63). The van der Waals surface area contributed by atoms with Crippen molar-refractivity contribution in [3.8, 4) is 11.4 Å². The van der Waals surface area contributed by atoms with Gasteiger partial charge in [-0.05, 0) is 92.3 Å². The van der Waals surface area contributed by atoms with E-state index < -0.39 is 29.7 Å². The SMILES string of the molecule is O=C(CN1CCN(c2cccc(-c3cnc4ccc(N5CCCC5c5cccc(F)c5)nn34)n2)CC1)NCCCCCCCCNc1ccc2c(c1)C(=O)N(C1CCC(=O)NC1=O)C2=O. The quantitative estimate of drug-likeness (QED) is 0.0806. The summed E-state index contributed by atoms with van der Waals surface area (Å²) >= 11 is 0. The van der Waals surface area contributed by atoms with Crippen LogP contribution in [0.3, 0.4) is 0 Å². The van der Waals surface area contributed by atoms with Gasteiger partial charge in [-0.2, -0.15) is 0 Å². The Hall–Kier alpha value is -6.75. The Morgan fingerprint density at radius 3 is 2.37 bits per heavy atom. The zero-order valence-electron chi connectivity index (χ0n) is 36.4. The molecule has 3 fully saturated rings. The maximum absolute atomic E-state index is 14.1. The number of aromatic nitrogens is 4. The summed E-state index contributed by atoms with van der Waals surface area (Å²) < 4.78 is 15.9. The van der Waals surface area contributed by atoms with Crippen molar-refractivity contribution in [2.24, 2.45) is 0 Å². The van der Waals surface area contributed by atoms with Crippen LogP contribution in [0.25, 0.3) is 17.0 Å². The normalized spacial score (nSPS) is 19.0. The number of hydrogen-bond acceptors (Lipinski definition) is 12. The second kappa shape index (κ2) is 19.6. The fourth-order valence-electron chi connectivity index (χ4n) is 9.43. The lowest BCUT2D eigenvalue weighted by Crippen LogP contribution is -2.54. The van der Waals surface area contributed by atoms with Crippen LogP contribution in [0.15, 0.2) is 79.0 Å². The predicted octanol–water partition coefficient (Wildman–Crippen LogP) is 5.36. The van der Waals surface area contributed by atoms with Crippen LogP contribution in [0.2, 0.25) is 0 Å². The Labute approximate surface area is 376 Å². The highest BCUT2D eigenvalue weighted by Gasteiger charge is 2.44. The van der Waals surface area contributed by atoms with Crippen LogP contribution in [0.1, 0.15) is 96.5 Å². The first-order valence-electron chi connectivity index (χ1n) is 22.9. The molecule has 65 heavy (non-hydrogen) atoms. The summed E-state index contributed by atoms with van der Waals surface area (Å²) in [6.45, 7) is 5.60. The summed E-state index contributed by atoms with van der Waals surface area (Å²) in [6.07, 6.45) is 10.0. The fourth-order valence-corrected chi connectivity index (χ4v) is 9.43. The number of amides is 5. The summed E-state index contributed by atoms with van der Waals surface area (Å²) in [6, 6.07) is 20.9. The van der Waals surface area contributed by atoms with Crippen LogP contribution in [0, 0.1) is 5.82 Å². The van der Waals surface area contributed by atoms with E-state index in [1.165, 1.54) is 6.07 Å². The maximum atomic E-state index is 14.1. The number of unbranched alkanes of at least 4 members (excludes halogenated alkanes) is 5.